The van der Waals surface area contributed by atoms with E-state index in [0.717, 1.165) is 23.2 Å². The second kappa shape index (κ2) is 6.28. The summed E-state index contributed by atoms with van der Waals surface area (Å²) in [4.78, 5) is 13.5. The van der Waals surface area contributed by atoms with Gasteiger partial charge in [0.1, 0.15) is 0 Å². The number of fused-ring (bicyclic) bond motifs is 1. The highest BCUT2D eigenvalue weighted by Gasteiger charge is 2.24. The van der Waals surface area contributed by atoms with E-state index in [9.17, 15) is 13.2 Å². The van der Waals surface area contributed by atoms with Gasteiger partial charge in [-0.05, 0) is 54.3 Å². The number of nitrogens with zero attached hydrogens (tertiary/aromatic N) is 1. The van der Waals surface area contributed by atoms with Gasteiger partial charge in [0, 0.05) is 24.8 Å². The maximum Gasteiger partial charge on any atom is 0.261 e. The van der Waals surface area contributed by atoms with Gasteiger partial charge in [0.2, 0.25) is 5.91 Å². The molecule has 0 saturated heterocycles. The predicted octanol–water partition coefficient (Wildman–Crippen LogP) is 2.96. The van der Waals surface area contributed by atoms with E-state index in [4.69, 9.17) is 0 Å². The van der Waals surface area contributed by atoms with Crippen LogP contribution in [0.2, 0.25) is 0 Å². The van der Waals surface area contributed by atoms with Crippen molar-refractivity contribution in [3.05, 3.63) is 53.6 Å². The first-order chi connectivity index (χ1) is 11.4. The van der Waals surface area contributed by atoms with E-state index < -0.39 is 10.0 Å². The molecule has 0 aromatic heterocycles. The van der Waals surface area contributed by atoms with Crippen molar-refractivity contribution >= 4 is 27.3 Å². The van der Waals surface area contributed by atoms with E-state index in [1.54, 1.807) is 29.2 Å². The molecule has 5 nitrogen and oxygen atoms in total. The Hall–Kier alpha value is -2.34. The molecule has 0 aliphatic carbocycles. The molecule has 1 amide bonds. The summed E-state index contributed by atoms with van der Waals surface area (Å²) in [7, 11) is -3.65. The average molecular weight is 344 g/mol. The molecule has 24 heavy (non-hydrogen) atoms. The lowest BCUT2D eigenvalue weighted by Crippen LogP contribution is -2.25. The van der Waals surface area contributed by atoms with Crippen LogP contribution in [0.4, 0.5) is 11.4 Å². The number of aryl methyl sites for hydroxylation is 1. The second-order valence-corrected chi connectivity index (χ2v) is 7.55. The number of carbonyl (C=O) groups is 1. The van der Waals surface area contributed by atoms with Gasteiger partial charge < -0.3 is 4.90 Å². The van der Waals surface area contributed by atoms with Crippen LogP contribution in [-0.2, 0) is 27.7 Å². The standard InChI is InChI=1S/C18H20N2O3S/c1-3-14-5-4-6-16(11-14)19-24(22,23)17-7-8-18-15(12-17)9-10-20(18)13(2)21/h4-8,11-12,19H,3,9-10H2,1-2H3. The van der Waals surface area contributed by atoms with Crippen molar-refractivity contribution in [1.29, 1.82) is 0 Å². The van der Waals surface area contributed by atoms with Crippen molar-refractivity contribution in [3.8, 4) is 0 Å². The molecule has 0 bridgehead atoms. The Labute approximate surface area is 142 Å². The van der Waals surface area contributed by atoms with Crippen LogP contribution in [0.25, 0.3) is 0 Å². The summed E-state index contributed by atoms with van der Waals surface area (Å²) in [6.45, 7) is 4.14. The molecule has 0 atom stereocenters. The summed E-state index contributed by atoms with van der Waals surface area (Å²) in [6.07, 6.45) is 1.51. The number of anilines is 2. The summed E-state index contributed by atoms with van der Waals surface area (Å²) >= 11 is 0. The van der Waals surface area contributed by atoms with E-state index in [2.05, 4.69) is 4.72 Å². The van der Waals surface area contributed by atoms with Crippen LogP contribution in [0.1, 0.15) is 25.0 Å². The molecular formula is C18H20N2O3S. The summed E-state index contributed by atoms with van der Waals surface area (Å²) in [5.74, 6) is -0.0288. The molecule has 3 rings (SSSR count). The van der Waals surface area contributed by atoms with Crippen molar-refractivity contribution in [2.75, 3.05) is 16.2 Å². The van der Waals surface area contributed by atoms with Gasteiger partial charge in [-0.1, -0.05) is 19.1 Å². The number of benzene rings is 2. The van der Waals surface area contributed by atoms with E-state index >= 15 is 0 Å². The Morgan fingerprint density at radius 2 is 2.00 bits per heavy atom. The second-order valence-electron chi connectivity index (χ2n) is 5.87. The van der Waals surface area contributed by atoms with Crippen molar-refractivity contribution in [2.24, 2.45) is 0 Å². The van der Waals surface area contributed by atoms with Crippen LogP contribution in [0, 0.1) is 0 Å². The molecule has 0 spiro atoms. The van der Waals surface area contributed by atoms with Gasteiger partial charge in [-0.3, -0.25) is 9.52 Å². The average Bonchev–Trinajstić information content (AvgIpc) is 2.98. The van der Waals surface area contributed by atoms with Crippen LogP contribution in [0.15, 0.2) is 47.4 Å². The topological polar surface area (TPSA) is 66.5 Å². The maximum atomic E-state index is 12.6. The Kier molecular flexibility index (Phi) is 4.32. The molecule has 1 aliphatic rings. The van der Waals surface area contributed by atoms with Crippen LogP contribution in [0.5, 0.6) is 0 Å². The molecule has 6 heteroatoms. The van der Waals surface area contributed by atoms with E-state index in [1.165, 1.54) is 6.92 Å². The lowest BCUT2D eigenvalue weighted by atomic mass is 10.1. The van der Waals surface area contributed by atoms with Gasteiger partial charge in [0.15, 0.2) is 0 Å². The van der Waals surface area contributed by atoms with Crippen LogP contribution in [-0.4, -0.2) is 20.9 Å². The fourth-order valence-electron chi connectivity index (χ4n) is 2.94. The maximum absolute atomic E-state index is 12.6. The predicted molar refractivity (Wildman–Crippen MR) is 94.8 cm³/mol. The molecule has 0 saturated carbocycles. The quantitative estimate of drug-likeness (QED) is 0.927. The van der Waals surface area contributed by atoms with Gasteiger partial charge in [0.05, 0.1) is 4.90 Å². The zero-order valence-corrected chi connectivity index (χ0v) is 14.6. The molecule has 1 heterocycles. The zero-order valence-electron chi connectivity index (χ0n) is 13.7. The van der Waals surface area contributed by atoms with Gasteiger partial charge in [0.25, 0.3) is 10.0 Å². The fraction of sp³-hybridized carbons (Fsp3) is 0.278. The minimum absolute atomic E-state index is 0.0288. The summed E-state index contributed by atoms with van der Waals surface area (Å²) < 4.78 is 27.9. The lowest BCUT2D eigenvalue weighted by molar-refractivity contribution is -0.116. The highest BCUT2D eigenvalue weighted by atomic mass is 32.2. The third-order valence-electron chi connectivity index (χ3n) is 4.22. The molecule has 0 radical (unpaired) electrons. The molecule has 0 fully saturated rings. The van der Waals surface area contributed by atoms with Gasteiger partial charge in [-0.25, -0.2) is 8.42 Å². The van der Waals surface area contributed by atoms with Crippen LogP contribution < -0.4 is 9.62 Å². The van der Waals surface area contributed by atoms with E-state index in [-0.39, 0.29) is 10.8 Å². The number of hydrogen-bond donors (Lipinski definition) is 1. The zero-order chi connectivity index (χ0) is 17.3. The largest absolute Gasteiger partial charge is 0.312 e. The SMILES string of the molecule is CCc1cccc(NS(=O)(=O)c2ccc3c(c2)CCN3C(C)=O)c1. The molecule has 126 valence electrons. The Morgan fingerprint density at radius 3 is 2.71 bits per heavy atom. The monoisotopic (exact) mass is 344 g/mol. The Morgan fingerprint density at radius 1 is 1.21 bits per heavy atom. The Balaban J connectivity index is 1.89. The minimum Gasteiger partial charge on any atom is -0.312 e. The normalized spacial score (nSPS) is 13.7. The van der Waals surface area contributed by atoms with Crippen LogP contribution in [0.3, 0.4) is 0 Å². The molecule has 1 N–H and O–H groups in total. The minimum atomic E-state index is -3.65. The van der Waals surface area contributed by atoms with Crippen molar-refractivity contribution < 1.29 is 13.2 Å². The van der Waals surface area contributed by atoms with E-state index in [0.29, 0.717) is 18.7 Å². The fourth-order valence-corrected chi connectivity index (χ4v) is 4.04. The number of sulfonamides is 1. The molecule has 2 aromatic rings. The van der Waals surface area contributed by atoms with Gasteiger partial charge in [-0.15, -0.1) is 0 Å². The number of carbonyl (C=O) groups excluding carboxylic acids is 1. The smallest absolute Gasteiger partial charge is 0.261 e. The third kappa shape index (κ3) is 3.14. The number of rotatable bonds is 4. The molecule has 2 aromatic carbocycles. The Bertz CT molecular complexity index is 891. The first-order valence-electron chi connectivity index (χ1n) is 7.93. The van der Waals surface area contributed by atoms with Gasteiger partial charge in [-0.2, -0.15) is 0 Å². The van der Waals surface area contributed by atoms with E-state index in [1.807, 2.05) is 25.1 Å². The molecular weight excluding hydrogens is 324 g/mol. The first kappa shape index (κ1) is 16.5. The van der Waals surface area contributed by atoms with Gasteiger partial charge >= 0.3 is 0 Å². The number of nitrogens with one attached hydrogen (secondary N) is 1. The van der Waals surface area contributed by atoms with Crippen molar-refractivity contribution in [1.82, 2.24) is 0 Å². The highest BCUT2D eigenvalue weighted by Crippen LogP contribution is 2.30. The highest BCUT2D eigenvalue weighted by molar-refractivity contribution is 7.92. The third-order valence-corrected chi connectivity index (χ3v) is 5.60. The molecule has 1 aliphatic heterocycles. The first-order valence-corrected chi connectivity index (χ1v) is 9.42. The number of hydrogen-bond acceptors (Lipinski definition) is 3. The molecule has 0 unspecified atom stereocenters. The van der Waals surface area contributed by atoms with Crippen LogP contribution >= 0.6 is 0 Å². The summed E-state index contributed by atoms with van der Waals surface area (Å²) in [6, 6.07) is 12.3. The lowest BCUT2D eigenvalue weighted by Gasteiger charge is -2.15. The van der Waals surface area contributed by atoms with Crippen molar-refractivity contribution in [3.63, 3.8) is 0 Å². The van der Waals surface area contributed by atoms with Crippen molar-refractivity contribution in [2.45, 2.75) is 31.6 Å². The summed E-state index contributed by atoms with van der Waals surface area (Å²) in [5.41, 5.74) is 3.31. The number of amides is 1. The summed E-state index contributed by atoms with van der Waals surface area (Å²) in [5, 5.41) is 0.